The standard InChI is InChI=1S/C3H3F5S2/c4-1(9)2(5,10)3(6,7)8/h1,9-10H. The van der Waals surface area contributed by atoms with Gasteiger partial charge in [0.1, 0.15) is 0 Å². The minimum Gasteiger partial charge on any atom is -0.231 e. The van der Waals surface area contributed by atoms with Crippen molar-refractivity contribution in [2.45, 2.75) is 16.7 Å². The second-order valence-corrected chi connectivity index (χ2v) is 2.61. The molecular formula is C3H3F5S2. The quantitative estimate of drug-likeness (QED) is 0.469. The predicted molar refractivity (Wildman–Crippen MR) is 32.8 cm³/mol. The Morgan fingerprint density at radius 2 is 1.40 bits per heavy atom. The van der Waals surface area contributed by atoms with Gasteiger partial charge in [-0.2, -0.15) is 13.2 Å². The molecule has 2 unspecified atom stereocenters. The van der Waals surface area contributed by atoms with E-state index in [0.29, 0.717) is 0 Å². The van der Waals surface area contributed by atoms with Crippen LogP contribution < -0.4 is 0 Å². The van der Waals surface area contributed by atoms with Crippen molar-refractivity contribution in [2.24, 2.45) is 0 Å². The highest BCUT2D eigenvalue weighted by atomic mass is 32.1. The predicted octanol–water partition coefficient (Wildman–Crippen LogP) is 2.37. The molecule has 0 heterocycles. The number of rotatable bonds is 1. The van der Waals surface area contributed by atoms with Crippen LogP contribution in [0.5, 0.6) is 0 Å². The Bertz CT molecular complexity index is 117. The van der Waals surface area contributed by atoms with E-state index >= 15 is 0 Å². The highest BCUT2D eigenvalue weighted by Gasteiger charge is 2.58. The van der Waals surface area contributed by atoms with E-state index in [9.17, 15) is 22.0 Å². The van der Waals surface area contributed by atoms with Gasteiger partial charge in [0.2, 0.25) is 0 Å². The van der Waals surface area contributed by atoms with Crippen molar-refractivity contribution in [1.29, 1.82) is 0 Å². The zero-order valence-corrected chi connectivity index (χ0v) is 6.15. The molecule has 0 radical (unpaired) electrons. The largest absolute Gasteiger partial charge is 0.435 e. The van der Waals surface area contributed by atoms with E-state index in [2.05, 4.69) is 25.3 Å². The van der Waals surface area contributed by atoms with Crippen LogP contribution in [0, 0.1) is 0 Å². The number of hydrogen-bond acceptors (Lipinski definition) is 2. The fraction of sp³-hybridized carbons (Fsp3) is 1.00. The summed E-state index contributed by atoms with van der Waals surface area (Å²) >= 11 is 5.05. The Morgan fingerprint density at radius 1 is 1.10 bits per heavy atom. The van der Waals surface area contributed by atoms with Crippen LogP contribution >= 0.6 is 25.3 Å². The SMILES string of the molecule is FC(S)C(F)(S)C(F)(F)F. The first-order valence-corrected chi connectivity index (χ1v) is 2.96. The van der Waals surface area contributed by atoms with E-state index in [1.165, 1.54) is 0 Å². The molecule has 0 aromatic heterocycles. The number of thiol groups is 2. The fourth-order valence-corrected chi connectivity index (χ4v) is 0.281. The van der Waals surface area contributed by atoms with Crippen LogP contribution in [0.1, 0.15) is 0 Å². The van der Waals surface area contributed by atoms with Gasteiger partial charge in [0.25, 0.3) is 5.00 Å². The highest BCUT2D eigenvalue weighted by molar-refractivity contribution is 7.85. The van der Waals surface area contributed by atoms with Gasteiger partial charge in [-0.15, -0.1) is 25.3 Å². The molecule has 0 nitrogen and oxygen atoms in total. The van der Waals surface area contributed by atoms with E-state index in [4.69, 9.17) is 0 Å². The summed E-state index contributed by atoms with van der Waals surface area (Å²) in [6.07, 6.45) is -5.34. The van der Waals surface area contributed by atoms with E-state index in [-0.39, 0.29) is 0 Å². The zero-order valence-electron chi connectivity index (χ0n) is 4.36. The van der Waals surface area contributed by atoms with E-state index in [0.717, 1.165) is 0 Å². The topological polar surface area (TPSA) is 0 Å². The summed E-state index contributed by atoms with van der Waals surface area (Å²) in [5.74, 6) is 0. The Kier molecular flexibility index (Phi) is 2.86. The first-order valence-electron chi connectivity index (χ1n) is 1.99. The van der Waals surface area contributed by atoms with Crippen LogP contribution in [0.3, 0.4) is 0 Å². The minimum atomic E-state index is -5.34. The minimum absolute atomic E-state index is 2.42. The number of alkyl halides is 5. The van der Waals surface area contributed by atoms with Gasteiger partial charge in [0.05, 0.1) is 0 Å². The Balaban J connectivity index is 4.40. The van der Waals surface area contributed by atoms with Gasteiger partial charge in [0.15, 0.2) is 5.50 Å². The van der Waals surface area contributed by atoms with Crippen LogP contribution in [0.25, 0.3) is 0 Å². The third-order valence-corrected chi connectivity index (χ3v) is 1.75. The molecule has 0 saturated carbocycles. The Morgan fingerprint density at radius 3 is 1.40 bits per heavy atom. The molecule has 0 amide bonds. The molecule has 0 aliphatic heterocycles. The van der Waals surface area contributed by atoms with E-state index < -0.39 is 16.7 Å². The summed E-state index contributed by atoms with van der Waals surface area (Å²) in [6.45, 7) is 0. The third-order valence-electron chi connectivity index (χ3n) is 0.713. The Labute approximate surface area is 64.6 Å². The second-order valence-electron chi connectivity index (χ2n) is 1.51. The van der Waals surface area contributed by atoms with Crippen LogP contribution in [0.4, 0.5) is 22.0 Å². The molecule has 0 saturated heterocycles. The van der Waals surface area contributed by atoms with Crippen molar-refractivity contribution < 1.29 is 22.0 Å². The summed E-state index contributed by atoms with van der Waals surface area (Å²) < 4.78 is 57.7. The average Bonchev–Trinajstić information content (AvgIpc) is 1.62. The van der Waals surface area contributed by atoms with Crippen molar-refractivity contribution in [3.8, 4) is 0 Å². The van der Waals surface area contributed by atoms with Crippen LogP contribution in [0.15, 0.2) is 0 Å². The number of hydrogen-bond donors (Lipinski definition) is 2. The van der Waals surface area contributed by atoms with Crippen molar-refractivity contribution in [1.82, 2.24) is 0 Å². The molecule has 0 rings (SSSR count). The summed E-state index contributed by atoms with van der Waals surface area (Å²) in [7, 11) is 0. The van der Waals surface area contributed by atoms with Gasteiger partial charge in [-0.25, -0.2) is 8.78 Å². The molecule has 0 aliphatic carbocycles. The molecule has 7 heteroatoms. The van der Waals surface area contributed by atoms with Crippen molar-refractivity contribution in [2.75, 3.05) is 0 Å². The lowest BCUT2D eigenvalue weighted by Gasteiger charge is -2.22. The third kappa shape index (κ3) is 1.91. The molecule has 62 valence electrons. The maximum atomic E-state index is 12.0. The average molecular weight is 198 g/mol. The van der Waals surface area contributed by atoms with Crippen molar-refractivity contribution in [3.05, 3.63) is 0 Å². The zero-order chi connectivity index (χ0) is 8.58. The van der Waals surface area contributed by atoms with Crippen LogP contribution in [-0.4, -0.2) is 16.7 Å². The highest BCUT2D eigenvalue weighted by Crippen LogP contribution is 2.42. The summed E-state index contributed by atoms with van der Waals surface area (Å²) in [6, 6.07) is 0. The van der Waals surface area contributed by atoms with E-state index in [1.54, 1.807) is 0 Å². The van der Waals surface area contributed by atoms with Crippen LogP contribution in [-0.2, 0) is 0 Å². The molecule has 0 N–H and O–H groups in total. The maximum Gasteiger partial charge on any atom is 0.435 e. The summed E-state index contributed by atoms with van der Waals surface area (Å²) in [4.78, 5) is 0. The van der Waals surface area contributed by atoms with Gasteiger partial charge in [-0.3, -0.25) is 0 Å². The Hall–Kier alpha value is 0.350. The molecule has 0 fully saturated rings. The number of halogens is 5. The van der Waals surface area contributed by atoms with Gasteiger partial charge in [-0.1, -0.05) is 0 Å². The van der Waals surface area contributed by atoms with Gasteiger partial charge >= 0.3 is 6.18 Å². The fourth-order valence-electron chi connectivity index (χ4n) is 0.135. The normalized spacial score (nSPS) is 21.9. The first kappa shape index (κ1) is 10.3. The van der Waals surface area contributed by atoms with Crippen molar-refractivity contribution in [3.63, 3.8) is 0 Å². The van der Waals surface area contributed by atoms with Gasteiger partial charge in [-0.05, 0) is 0 Å². The molecule has 2 atom stereocenters. The lowest BCUT2D eigenvalue weighted by molar-refractivity contribution is -0.201. The van der Waals surface area contributed by atoms with Crippen molar-refractivity contribution >= 4 is 25.3 Å². The maximum absolute atomic E-state index is 12.0. The molecule has 0 bridgehead atoms. The molecule has 0 aliphatic rings. The molecular weight excluding hydrogens is 195 g/mol. The lowest BCUT2D eigenvalue weighted by atomic mass is 10.4. The van der Waals surface area contributed by atoms with Crippen LogP contribution in [0.2, 0.25) is 0 Å². The smallest absolute Gasteiger partial charge is 0.231 e. The molecule has 10 heavy (non-hydrogen) atoms. The molecule has 0 aromatic carbocycles. The molecule has 0 aromatic rings. The molecule has 0 spiro atoms. The lowest BCUT2D eigenvalue weighted by Crippen LogP contribution is -2.41. The monoisotopic (exact) mass is 198 g/mol. The van der Waals surface area contributed by atoms with Gasteiger partial charge < -0.3 is 0 Å². The summed E-state index contributed by atoms with van der Waals surface area (Å²) in [5.41, 5.74) is -2.98. The summed E-state index contributed by atoms with van der Waals surface area (Å²) in [5, 5.41) is -4.17. The first-order chi connectivity index (χ1) is 4.19. The second kappa shape index (κ2) is 2.77. The van der Waals surface area contributed by atoms with E-state index in [1.807, 2.05) is 0 Å². The van der Waals surface area contributed by atoms with Gasteiger partial charge in [0, 0.05) is 0 Å².